The molecule has 0 rings (SSSR count). The van der Waals surface area contributed by atoms with Gasteiger partial charge in [-0.2, -0.15) is 0 Å². The average Bonchev–Trinajstić information content (AvgIpc) is 1.83. The van der Waals surface area contributed by atoms with Crippen molar-refractivity contribution in [2.75, 3.05) is 24.4 Å². The molecule has 0 nitrogen and oxygen atoms in total. The number of rotatable bonds is 4. The summed E-state index contributed by atoms with van der Waals surface area (Å²) in [6.07, 6.45) is 3.95. The summed E-state index contributed by atoms with van der Waals surface area (Å²) < 4.78 is 0. The summed E-state index contributed by atoms with van der Waals surface area (Å²) in [6, 6.07) is 0. The zero-order valence-corrected chi connectivity index (χ0v) is 9.77. The molecule has 0 aromatic carbocycles. The monoisotopic (exact) mass is 349 g/mol. The molecule has 0 bridgehead atoms. The zero-order valence-electron chi connectivity index (χ0n) is 5.96. The van der Waals surface area contributed by atoms with E-state index in [1.54, 1.807) is 0 Å². The Balaban J connectivity index is 0. The van der Waals surface area contributed by atoms with Gasteiger partial charge in [-0.15, -0.1) is 19.5 Å². The largest absolute Gasteiger partial charge is 0.126 e. The Morgan fingerprint density at radius 1 is 1.22 bits per heavy atom. The van der Waals surface area contributed by atoms with Crippen molar-refractivity contribution in [1.82, 2.24) is 0 Å². The molecule has 0 aliphatic rings. The number of hydrogen-bond acceptors (Lipinski definition) is 0. The third-order valence-electron chi connectivity index (χ3n) is 1.30. The molecule has 1 radical (unpaired) electrons. The van der Waals surface area contributed by atoms with Crippen LogP contribution in [0.3, 0.4) is 0 Å². The Bertz CT molecular complexity index is 48.3. The van der Waals surface area contributed by atoms with E-state index in [4.69, 9.17) is 11.6 Å². The van der Waals surface area contributed by atoms with Crippen LogP contribution in [0.2, 0.25) is 0 Å². The van der Waals surface area contributed by atoms with Gasteiger partial charge < -0.3 is 0 Å². The molecule has 0 amide bonds. The van der Waals surface area contributed by atoms with Crippen LogP contribution < -0.4 is 0 Å². The summed E-state index contributed by atoms with van der Waals surface area (Å²) in [5.74, 6) is 0.855. The van der Waals surface area contributed by atoms with Gasteiger partial charge in [0.25, 0.3) is 0 Å². The van der Waals surface area contributed by atoms with Crippen molar-refractivity contribution in [2.24, 2.45) is 0 Å². The molecule has 0 heterocycles. The smallest absolute Gasteiger partial charge is 0.0262 e. The SMILES string of the molecule is CCP(CC)CCCl.[Au]. The molecular formula is C6H14AuClP. The quantitative estimate of drug-likeness (QED) is 0.416. The Hall–Kier alpha value is 1.46. The van der Waals surface area contributed by atoms with Gasteiger partial charge in [-0.1, -0.05) is 13.8 Å². The molecule has 0 N–H and O–H groups in total. The van der Waals surface area contributed by atoms with E-state index in [1.165, 1.54) is 18.5 Å². The molecule has 0 aromatic heterocycles. The first-order valence-electron chi connectivity index (χ1n) is 3.13. The third kappa shape index (κ3) is 7.36. The van der Waals surface area contributed by atoms with E-state index in [9.17, 15) is 0 Å². The van der Waals surface area contributed by atoms with Gasteiger partial charge in [-0.05, 0) is 18.5 Å². The summed E-state index contributed by atoms with van der Waals surface area (Å²) >= 11 is 5.57. The molecule has 0 aliphatic carbocycles. The fourth-order valence-corrected chi connectivity index (χ4v) is 2.70. The van der Waals surface area contributed by atoms with Crippen LogP contribution >= 0.6 is 19.5 Å². The number of alkyl halides is 1. The standard InChI is InChI=1S/C6H14ClP.Au/c1-3-8(4-2)6-5-7;/h3-6H2,1-2H3;. The molecule has 9 heavy (non-hydrogen) atoms. The summed E-state index contributed by atoms with van der Waals surface area (Å²) in [5.41, 5.74) is 0. The summed E-state index contributed by atoms with van der Waals surface area (Å²) in [5, 5.41) is 0. The van der Waals surface area contributed by atoms with E-state index >= 15 is 0 Å². The second kappa shape index (κ2) is 9.46. The van der Waals surface area contributed by atoms with E-state index in [2.05, 4.69) is 13.8 Å². The predicted octanol–water partition coefficient (Wildman–Crippen LogP) is 2.74. The maximum absolute atomic E-state index is 5.57. The number of hydrogen-bond donors (Lipinski definition) is 0. The second-order valence-electron chi connectivity index (χ2n) is 1.72. The second-order valence-corrected chi connectivity index (χ2v) is 5.15. The Labute approximate surface area is 80.0 Å². The van der Waals surface area contributed by atoms with E-state index < -0.39 is 0 Å². The van der Waals surface area contributed by atoms with Crippen molar-refractivity contribution in [3.8, 4) is 0 Å². The van der Waals surface area contributed by atoms with Crippen molar-refractivity contribution in [1.29, 1.82) is 0 Å². The first kappa shape index (κ1) is 13.1. The predicted molar refractivity (Wildman–Crippen MR) is 43.6 cm³/mol. The minimum Gasteiger partial charge on any atom is -0.126 e. The van der Waals surface area contributed by atoms with Crippen LogP contribution in [0.25, 0.3) is 0 Å². The van der Waals surface area contributed by atoms with Crippen LogP contribution in [0.15, 0.2) is 0 Å². The zero-order chi connectivity index (χ0) is 6.41. The van der Waals surface area contributed by atoms with E-state index in [0.29, 0.717) is 7.92 Å². The molecule has 0 atom stereocenters. The fraction of sp³-hybridized carbons (Fsp3) is 1.00. The first-order valence-corrected chi connectivity index (χ1v) is 5.56. The molecule has 0 aromatic rings. The molecule has 3 heteroatoms. The molecule has 0 saturated carbocycles. The molecular weight excluding hydrogens is 335 g/mol. The molecule has 0 fully saturated rings. The molecule has 61 valence electrons. The molecule has 0 aliphatic heterocycles. The van der Waals surface area contributed by atoms with Crippen LogP contribution in [0.5, 0.6) is 0 Å². The first-order chi connectivity index (χ1) is 3.85. The molecule has 0 unspecified atom stereocenters. The van der Waals surface area contributed by atoms with Crippen LogP contribution in [-0.2, 0) is 22.4 Å². The molecule has 0 spiro atoms. The van der Waals surface area contributed by atoms with Crippen molar-refractivity contribution in [3.05, 3.63) is 0 Å². The van der Waals surface area contributed by atoms with Gasteiger partial charge in [0.15, 0.2) is 0 Å². The summed E-state index contributed by atoms with van der Waals surface area (Å²) in [6.45, 7) is 4.50. The van der Waals surface area contributed by atoms with Gasteiger partial charge in [-0.3, -0.25) is 0 Å². The molecule has 0 saturated heterocycles. The Morgan fingerprint density at radius 2 is 1.67 bits per heavy atom. The van der Waals surface area contributed by atoms with Crippen LogP contribution in [0, 0.1) is 0 Å². The summed E-state index contributed by atoms with van der Waals surface area (Å²) in [7, 11) is 0.312. The third-order valence-corrected chi connectivity index (χ3v) is 4.39. The Kier molecular flexibility index (Phi) is 13.7. The van der Waals surface area contributed by atoms with E-state index in [0.717, 1.165) is 5.88 Å². The van der Waals surface area contributed by atoms with Gasteiger partial charge in [0.05, 0.1) is 0 Å². The van der Waals surface area contributed by atoms with Gasteiger partial charge >= 0.3 is 0 Å². The van der Waals surface area contributed by atoms with Crippen molar-refractivity contribution < 1.29 is 22.4 Å². The van der Waals surface area contributed by atoms with Gasteiger partial charge in [0.2, 0.25) is 0 Å². The van der Waals surface area contributed by atoms with Gasteiger partial charge in [0, 0.05) is 28.3 Å². The summed E-state index contributed by atoms with van der Waals surface area (Å²) in [4.78, 5) is 0. The van der Waals surface area contributed by atoms with E-state index in [-0.39, 0.29) is 22.4 Å². The van der Waals surface area contributed by atoms with Crippen molar-refractivity contribution in [2.45, 2.75) is 13.8 Å². The minimum absolute atomic E-state index is 0. The number of halogens is 1. The van der Waals surface area contributed by atoms with Crippen LogP contribution in [0.1, 0.15) is 13.8 Å². The van der Waals surface area contributed by atoms with E-state index in [1.807, 2.05) is 0 Å². The van der Waals surface area contributed by atoms with Gasteiger partial charge in [-0.25, -0.2) is 0 Å². The minimum atomic E-state index is 0. The normalized spacial score (nSPS) is 9.33. The fourth-order valence-electron chi connectivity index (χ4n) is 0.659. The van der Waals surface area contributed by atoms with Crippen molar-refractivity contribution >= 4 is 19.5 Å². The average molecular weight is 350 g/mol. The topological polar surface area (TPSA) is 0 Å². The van der Waals surface area contributed by atoms with Gasteiger partial charge in [0.1, 0.15) is 0 Å². The maximum Gasteiger partial charge on any atom is 0.0262 e. The maximum atomic E-state index is 5.57. The Morgan fingerprint density at radius 3 is 1.78 bits per heavy atom. The van der Waals surface area contributed by atoms with Crippen LogP contribution in [0.4, 0.5) is 0 Å². The van der Waals surface area contributed by atoms with Crippen LogP contribution in [-0.4, -0.2) is 24.4 Å². The van der Waals surface area contributed by atoms with Crippen molar-refractivity contribution in [3.63, 3.8) is 0 Å².